The third-order valence-corrected chi connectivity index (χ3v) is 4.05. The van der Waals surface area contributed by atoms with Gasteiger partial charge in [0.2, 0.25) is 0 Å². The minimum Gasteiger partial charge on any atom is -0.478 e. The molecule has 1 saturated heterocycles. The van der Waals surface area contributed by atoms with Crippen molar-refractivity contribution >= 4 is 33.7 Å². The summed E-state index contributed by atoms with van der Waals surface area (Å²) in [6.07, 6.45) is 4.13. The normalized spacial score (nSPS) is 19.8. The number of carbonyl (C=O) groups is 1. The van der Waals surface area contributed by atoms with Crippen molar-refractivity contribution in [2.24, 2.45) is 0 Å². The number of aliphatic carboxylic acids is 1. The second-order valence-corrected chi connectivity index (χ2v) is 5.94. The molecular formula is C15H18BrNO2. The first-order chi connectivity index (χ1) is 8.99. The van der Waals surface area contributed by atoms with E-state index in [0.29, 0.717) is 11.6 Å². The van der Waals surface area contributed by atoms with E-state index in [-0.39, 0.29) is 0 Å². The molecule has 1 aliphatic rings. The van der Waals surface area contributed by atoms with Crippen LogP contribution in [0.15, 0.2) is 28.2 Å². The molecule has 0 aromatic heterocycles. The Bertz CT molecular complexity index is 525. The van der Waals surface area contributed by atoms with Gasteiger partial charge in [0.25, 0.3) is 0 Å². The summed E-state index contributed by atoms with van der Waals surface area (Å²) in [5.74, 6) is -0.875. The van der Waals surface area contributed by atoms with Gasteiger partial charge in [-0.2, -0.15) is 0 Å². The lowest BCUT2D eigenvalue weighted by atomic mass is 10.1. The second-order valence-electron chi connectivity index (χ2n) is 5.02. The SMILES string of the molecule is C/C(=C\c1cc(Br)ccc1N1CCCC1C)C(=O)O. The molecule has 0 aliphatic carbocycles. The first kappa shape index (κ1) is 14.1. The molecule has 1 aromatic rings. The molecule has 102 valence electrons. The van der Waals surface area contributed by atoms with Crippen LogP contribution in [0.4, 0.5) is 5.69 Å². The number of hydrogen-bond acceptors (Lipinski definition) is 2. The van der Waals surface area contributed by atoms with E-state index < -0.39 is 5.97 Å². The Morgan fingerprint density at radius 1 is 1.53 bits per heavy atom. The zero-order valence-corrected chi connectivity index (χ0v) is 12.8. The largest absolute Gasteiger partial charge is 0.478 e. The van der Waals surface area contributed by atoms with Crippen molar-refractivity contribution in [1.82, 2.24) is 0 Å². The summed E-state index contributed by atoms with van der Waals surface area (Å²) in [6, 6.07) is 6.56. The van der Waals surface area contributed by atoms with E-state index in [1.807, 2.05) is 12.1 Å². The topological polar surface area (TPSA) is 40.5 Å². The average Bonchev–Trinajstić information content (AvgIpc) is 2.75. The molecule has 1 aromatic carbocycles. The number of hydrogen-bond donors (Lipinski definition) is 1. The number of benzene rings is 1. The van der Waals surface area contributed by atoms with Crippen LogP contribution in [-0.2, 0) is 4.79 Å². The molecule has 0 bridgehead atoms. The minimum atomic E-state index is -0.875. The lowest BCUT2D eigenvalue weighted by Crippen LogP contribution is -2.26. The highest BCUT2D eigenvalue weighted by Gasteiger charge is 2.22. The molecular weight excluding hydrogens is 306 g/mol. The van der Waals surface area contributed by atoms with Gasteiger partial charge in [-0.1, -0.05) is 15.9 Å². The molecule has 0 amide bonds. The summed E-state index contributed by atoms with van der Waals surface area (Å²) in [4.78, 5) is 13.3. The van der Waals surface area contributed by atoms with Crippen LogP contribution < -0.4 is 4.90 Å². The molecule has 3 nitrogen and oxygen atoms in total. The summed E-state index contributed by atoms with van der Waals surface area (Å²) in [5.41, 5.74) is 2.43. The Kier molecular flexibility index (Phi) is 4.30. The van der Waals surface area contributed by atoms with Crippen molar-refractivity contribution in [1.29, 1.82) is 0 Å². The fourth-order valence-corrected chi connectivity index (χ4v) is 2.87. The number of rotatable bonds is 3. The molecule has 1 N–H and O–H groups in total. The van der Waals surface area contributed by atoms with E-state index in [0.717, 1.165) is 22.3 Å². The standard InChI is InChI=1S/C15H18BrNO2/c1-10(15(18)19)8-12-9-13(16)5-6-14(12)17-7-3-4-11(17)2/h5-6,8-9,11H,3-4,7H2,1-2H3,(H,18,19)/b10-8+. The molecule has 1 atom stereocenters. The fourth-order valence-electron chi connectivity index (χ4n) is 2.49. The number of halogens is 1. The van der Waals surface area contributed by atoms with E-state index in [1.165, 1.54) is 12.8 Å². The highest BCUT2D eigenvalue weighted by Crippen LogP contribution is 2.32. The van der Waals surface area contributed by atoms with Gasteiger partial charge in [-0.15, -0.1) is 0 Å². The zero-order valence-electron chi connectivity index (χ0n) is 11.2. The first-order valence-electron chi connectivity index (χ1n) is 6.47. The van der Waals surface area contributed by atoms with Gasteiger partial charge in [0.05, 0.1) is 0 Å². The van der Waals surface area contributed by atoms with E-state index >= 15 is 0 Å². The third kappa shape index (κ3) is 3.18. The van der Waals surface area contributed by atoms with Crippen LogP contribution in [0.5, 0.6) is 0 Å². The average molecular weight is 324 g/mol. The van der Waals surface area contributed by atoms with Gasteiger partial charge in [0.1, 0.15) is 0 Å². The van der Waals surface area contributed by atoms with Crippen LogP contribution in [0.3, 0.4) is 0 Å². The number of carboxylic acids is 1. The summed E-state index contributed by atoms with van der Waals surface area (Å²) < 4.78 is 0.965. The van der Waals surface area contributed by atoms with Crippen molar-refractivity contribution in [3.8, 4) is 0 Å². The maximum Gasteiger partial charge on any atom is 0.331 e. The second kappa shape index (κ2) is 5.78. The molecule has 0 saturated carbocycles. The molecule has 1 fully saturated rings. The molecule has 1 unspecified atom stereocenters. The smallest absolute Gasteiger partial charge is 0.331 e. The van der Waals surface area contributed by atoms with Crippen molar-refractivity contribution in [3.63, 3.8) is 0 Å². The lowest BCUT2D eigenvalue weighted by Gasteiger charge is -2.26. The van der Waals surface area contributed by atoms with Crippen LogP contribution in [-0.4, -0.2) is 23.7 Å². The van der Waals surface area contributed by atoms with Crippen molar-refractivity contribution in [3.05, 3.63) is 33.8 Å². The number of carboxylic acid groups (broad SMARTS) is 1. The Hall–Kier alpha value is -1.29. The molecule has 4 heteroatoms. The minimum absolute atomic E-state index is 0.353. The quantitative estimate of drug-likeness (QED) is 0.857. The highest BCUT2D eigenvalue weighted by molar-refractivity contribution is 9.10. The molecule has 2 rings (SSSR count). The van der Waals surface area contributed by atoms with E-state index in [1.54, 1.807) is 13.0 Å². The highest BCUT2D eigenvalue weighted by atomic mass is 79.9. The maximum absolute atomic E-state index is 11.0. The monoisotopic (exact) mass is 323 g/mol. The summed E-state index contributed by atoms with van der Waals surface area (Å²) in [5, 5.41) is 9.03. The van der Waals surface area contributed by atoms with E-state index in [2.05, 4.69) is 33.8 Å². The Morgan fingerprint density at radius 3 is 2.84 bits per heavy atom. The summed E-state index contributed by atoms with van der Waals surface area (Å²) in [7, 11) is 0. The zero-order chi connectivity index (χ0) is 14.0. The van der Waals surface area contributed by atoms with Crippen LogP contribution in [0.25, 0.3) is 6.08 Å². The fraction of sp³-hybridized carbons (Fsp3) is 0.400. The molecule has 0 spiro atoms. The predicted octanol–water partition coefficient (Wildman–Crippen LogP) is 3.93. The molecule has 1 heterocycles. The predicted molar refractivity (Wildman–Crippen MR) is 81.5 cm³/mol. The van der Waals surface area contributed by atoms with Crippen molar-refractivity contribution in [2.75, 3.05) is 11.4 Å². The molecule has 19 heavy (non-hydrogen) atoms. The van der Waals surface area contributed by atoms with Crippen LogP contribution in [0, 0.1) is 0 Å². The van der Waals surface area contributed by atoms with Gasteiger partial charge < -0.3 is 10.0 Å². The molecule has 0 radical (unpaired) electrons. The van der Waals surface area contributed by atoms with Crippen molar-refractivity contribution in [2.45, 2.75) is 32.7 Å². The van der Waals surface area contributed by atoms with Crippen molar-refractivity contribution < 1.29 is 9.90 Å². The van der Waals surface area contributed by atoms with Gasteiger partial charge in [-0.05, 0) is 56.5 Å². The van der Waals surface area contributed by atoms with E-state index in [9.17, 15) is 4.79 Å². The summed E-state index contributed by atoms with van der Waals surface area (Å²) in [6.45, 7) is 4.88. The van der Waals surface area contributed by atoms with Crippen LogP contribution >= 0.6 is 15.9 Å². The lowest BCUT2D eigenvalue weighted by molar-refractivity contribution is -0.132. The molecule has 1 aliphatic heterocycles. The number of nitrogens with zero attached hydrogens (tertiary/aromatic N) is 1. The van der Waals surface area contributed by atoms with Gasteiger partial charge in [-0.25, -0.2) is 4.79 Å². The third-order valence-electron chi connectivity index (χ3n) is 3.56. The Labute approximate surface area is 122 Å². The first-order valence-corrected chi connectivity index (χ1v) is 7.26. The van der Waals surface area contributed by atoms with Crippen LogP contribution in [0.1, 0.15) is 32.3 Å². The number of anilines is 1. The Morgan fingerprint density at radius 2 is 2.26 bits per heavy atom. The van der Waals surface area contributed by atoms with Gasteiger partial charge in [-0.3, -0.25) is 0 Å². The van der Waals surface area contributed by atoms with Crippen LogP contribution in [0.2, 0.25) is 0 Å². The van der Waals surface area contributed by atoms with Gasteiger partial charge in [0, 0.05) is 28.3 Å². The summed E-state index contributed by atoms with van der Waals surface area (Å²) >= 11 is 3.45. The Balaban J connectivity index is 2.43. The van der Waals surface area contributed by atoms with E-state index in [4.69, 9.17) is 5.11 Å². The maximum atomic E-state index is 11.0. The van der Waals surface area contributed by atoms with Gasteiger partial charge >= 0.3 is 5.97 Å². The van der Waals surface area contributed by atoms with Gasteiger partial charge in [0.15, 0.2) is 0 Å².